The highest BCUT2D eigenvalue weighted by molar-refractivity contribution is 9.10. The van der Waals surface area contributed by atoms with E-state index < -0.39 is 0 Å². The number of hydrogen-bond acceptors (Lipinski definition) is 2. The smallest absolute Gasteiger partial charge is 0.253 e. The Balaban J connectivity index is 2.12. The Morgan fingerprint density at radius 2 is 2.22 bits per heavy atom. The summed E-state index contributed by atoms with van der Waals surface area (Å²) < 4.78 is 0.735. The molecule has 0 spiro atoms. The molecule has 1 heterocycles. The summed E-state index contributed by atoms with van der Waals surface area (Å²) in [4.78, 5) is 13.9. The van der Waals surface area contributed by atoms with Crippen molar-refractivity contribution in [3.63, 3.8) is 0 Å². The van der Waals surface area contributed by atoms with Crippen LogP contribution in [0.1, 0.15) is 15.9 Å². The maximum absolute atomic E-state index is 12.2. The van der Waals surface area contributed by atoms with Crippen LogP contribution in [0.2, 0.25) is 5.02 Å². The molecule has 0 unspecified atom stereocenters. The first kappa shape index (κ1) is 13.6. The molecule has 18 heavy (non-hydrogen) atoms. The third-order valence-corrected chi connectivity index (χ3v) is 4.46. The molecule has 0 atom stereocenters. The van der Waals surface area contributed by atoms with Crippen LogP contribution in [-0.2, 0) is 6.54 Å². The van der Waals surface area contributed by atoms with Crippen molar-refractivity contribution in [3.8, 4) is 0 Å². The second-order valence-corrected chi connectivity index (χ2v) is 5.96. The lowest BCUT2D eigenvalue weighted by atomic mass is 10.2. The van der Waals surface area contributed by atoms with Gasteiger partial charge in [0.2, 0.25) is 0 Å². The minimum atomic E-state index is -0.0152. The molecule has 0 aliphatic rings. The van der Waals surface area contributed by atoms with Crippen molar-refractivity contribution in [1.29, 1.82) is 0 Å². The van der Waals surface area contributed by atoms with E-state index in [0.717, 1.165) is 10.0 Å². The van der Waals surface area contributed by atoms with Crippen LogP contribution in [0.25, 0.3) is 0 Å². The molecular formula is C13H11BrClNOS. The molecule has 0 N–H and O–H groups in total. The van der Waals surface area contributed by atoms with E-state index in [0.29, 0.717) is 17.1 Å². The molecule has 0 radical (unpaired) electrons. The van der Waals surface area contributed by atoms with Crippen LogP contribution < -0.4 is 0 Å². The molecule has 0 fully saturated rings. The summed E-state index contributed by atoms with van der Waals surface area (Å²) in [6.45, 7) is 0.614. The van der Waals surface area contributed by atoms with Crippen LogP contribution >= 0.6 is 38.9 Å². The van der Waals surface area contributed by atoms with Crippen molar-refractivity contribution in [2.45, 2.75) is 6.54 Å². The summed E-state index contributed by atoms with van der Waals surface area (Å²) in [6.07, 6.45) is 0. The van der Waals surface area contributed by atoms with E-state index in [9.17, 15) is 4.79 Å². The minimum Gasteiger partial charge on any atom is -0.337 e. The minimum absolute atomic E-state index is 0.0152. The first-order valence-corrected chi connectivity index (χ1v) is 7.41. The van der Waals surface area contributed by atoms with Crippen LogP contribution in [0.4, 0.5) is 0 Å². The standard InChI is InChI=1S/C13H11BrClNOS/c1-16(7-9-4-5-18-8-9)13(17)10-2-3-12(15)11(14)6-10/h2-6,8H,7H2,1H3. The molecule has 1 aromatic carbocycles. The maximum atomic E-state index is 12.2. The number of nitrogens with zero attached hydrogens (tertiary/aromatic N) is 1. The van der Waals surface area contributed by atoms with Crippen LogP contribution in [0.5, 0.6) is 0 Å². The van der Waals surface area contributed by atoms with Gasteiger partial charge >= 0.3 is 0 Å². The SMILES string of the molecule is CN(Cc1ccsc1)C(=O)c1ccc(Cl)c(Br)c1. The third-order valence-electron chi connectivity index (χ3n) is 2.51. The highest BCUT2D eigenvalue weighted by Gasteiger charge is 2.13. The molecule has 5 heteroatoms. The normalized spacial score (nSPS) is 10.4. The van der Waals surface area contributed by atoms with E-state index in [2.05, 4.69) is 15.9 Å². The summed E-state index contributed by atoms with van der Waals surface area (Å²) in [7, 11) is 1.79. The summed E-state index contributed by atoms with van der Waals surface area (Å²) in [5.74, 6) is -0.0152. The Morgan fingerprint density at radius 1 is 1.44 bits per heavy atom. The monoisotopic (exact) mass is 343 g/mol. The van der Waals surface area contributed by atoms with Gasteiger partial charge < -0.3 is 4.90 Å². The molecular weight excluding hydrogens is 334 g/mol. The number of carbonyl (C=O) groups excluding carboxylic acids is 1. The van der Waals surface area contributed by atoms with Gasteiger partial charge in [0, 0.05) is 23.6 Å². The first-order chi connectivity index (χ1) is 8.58. The number of hydrogen-bond donors (Lipinski definition) is 0. The quantitative estimate of drug-likeness (QED) is 0.806. The van der Waals surface area contributed by atoms with Crippen molar-refractivity contribution in [3.05, 3.63) is 55.6 Å². The van der Waals surface area contributed by atoms with Crippen molar-refractivity contribution in [2.75, 3.05) is 7.05 Å². The number of amides is 1. The van der Waals surface area contributed by atoms with E-state index in [1.54, 1.807) is 41.5 Å². The Hall–Kier alpha value is -0.840. The molecule has 0 aliphatic heterocycles. The van der Waals surface area contributed by atoms with Gasteiger partial charge in [0.05, 0.1) is 5.02 Å². The summed E-state index contributed by atoms with van der Waals surface area (Å²) in [5.41, 5.74) is 1.77. The zero-order valence-corrected chi connectivity index (χ0v) is 12.8. The zero-order valence-electron chi connectivity index (χ0n) is 9.69. The van der Waals surface area contributed by atoms with Crippen molar-refractivity contribution in [2.24, 2.45) is 0 Å². The largest absolute Gasteiger partial charge is 0.337 e. The average molecular weight is 345 g/mol. The Morgan fingerprint density at radius 3 is 2.83 bits per heavy atom. The lowest BCUT2D eigenvalue weighted by Gasteiger charge is -2.16. The second kappa shape index (κ2) is 5.87. The summed E-state index contributed by atoms with van der Waals surface area (Å²) >= 11 is 10.9. The first-order valence-electron chi connectivity index (χ1n) is 5.29. The molecule has 0 saturated carbocycles. The second-order valence-electron chi connectivity index (χ2n) is 3.92. The van der Waals surface area contributed by atoms with Gasteiger partial charge in [-0.05, 0) is 56.5 Å². The van der Waals surface area contributed by atoms with E-state index in [4.69, 9.17) is 11.6 Å². The number of benzene rings is 1. The predicted molar refractivity (Wildman–Crippen MR) is 79.3 cm³/mol. The fraction of sp³-hybridized carbons (Fsp3) is 0.154. The van der Waals surface area contributed by atoms with Gasteiger partial charge in [0.15, 0.2) is 0 Å². The van der Waals surface area contributed by atoms with Gasteiger partial charge in [-0.2, -0.15) is 11.3 Å². The molecule has 94 valence electrons. The van der Waals surface area contributed by atoms with Crippen LogP contribution in [-0.4, -0.2) is 17.9 Å². The third kappa shape index (κ3) is 3.13. The molecule has 0 bridgehead atoms. The highest BCUT2D eigenvalue weighted by atomic mass is 79.9. The average Bonchev–Trinajstić information content (AvgIpc) is 2.84. The van der Waals surface area contributed by atoms with Gasteiger partial charge in [0.1, 0.15) is 0 Å². The molecule has 2 rings (SSSR count). The molecule has 1 amide bonds. The molecule has 2 aromatic rings. The predicted octanol–water partition coefficient (Wildman–Crippen LogP) is 4.44. The van der Waals surface area contributed by atoms with Gasteiger partial charge in [-0.15, -0.1) is 0 Å². The molecule has 0 aliphatic carbocycles. The van der Waals surface area contributed by atoms with Gasteiger partial charge in [-0.25, -0.2) is 0 Å². The Kier molecular flexibility index (Phi) is 4.43. The number of carbonyl (C=O) groups is 1. The summed E-state index contributed by atoms with van der Waals surface area (Å²) in [5, 5.41) is 4.65. The van der Waals surface area contributed by atoms with Crippen LogP contribution in [0.15, 0.2) is 39.5 Å². The van der Waals surface area contributed by atoms with Gasteiger partial charge in [-0.3, -0.25) is 4.79 Å². The number of thiophene rings is 1. The highest BCUT2D eigenvalue weighted by Crippen LogP contribution is 2.24. The fourth-order valence-electron chi connectivity index (χ4n) is 1.58. The van der Waals surface area contributed by atoms with E-state index >= 15 is 0 Å². The fourth-order valence-corrected chi connectivity index (χ4v) is 2.73. The van der Waals surface area contributed by atoms with E-state index in [1.807, 2.05) is 16.8 Å². The molecule has 0 saturated heterocycles. The lowest BCUT2D eigenvalue weighted by Crippen LogP contribution is -2.25. The summed E-state index contributed by atoms with van der Waals surface area (Å²) in [6, 6.07) is 7.22. The zero-order chi connectivity index (χ0) is 13.1. The maximum Gasteiger partial charge on any atom is 0.253 e. The van der Waals surface area contributed by atoms with E-state index in [1.165, 1.54) is 0 Å². The van der Waals surface area contributed by atoms with Crippen LogP contribution in [0.3, 0.4) is 0 Å². The van der Waals surface area contributed by atoms with Gasteiger partial charge in [-0.1, -0.05) is 11.6 Å². The number of rotatable bonds is 3. The van der Waals surface area contributed by atoms with Crippen molar-refractivity contribution < 1.29 is 4.79 Å². The van der Waals surface area contributed by atoms with Gasteiger partial charge in [0.25, 0.3) is 5.91 Å². The Bertz CT molecular complexity index is 556. The van der Waals surface area contributed by atoms with Crippen LogP contribution in [0, 0.1) is 0 Å². The van der Waals surface area contributed by atoms with E-state index in [-0.39, 0.29) is 5.91 Å². The lowest BCUT2D eigenvalue weighted by molar-refractivity contribution is 0.0785. The van der Waals surface area contributed by atoms with Crippen molar-refractivity contribution >= 4 is 44.8 Å². The Labute approximate surface area is 123 Å². The number of halogens is 2. The van der Waals surface area contributed by atoms with Crippen molar-refractivity contribution in [1.82, 2.24) is 4.90 Å². The molecule has 2 nitrogen and oxygen atoms in total. The topological polar surface area (TPSA) is 20.3 Å². The molecule has 1 aromatic heterocycles.